The molecule has 1 aromatic rings. The van der Waals surface area contributed by atoms with Crippen molar-refractivity contribution < 1.29 is 4.79 Å². The number of hydrogen-bond donors (Lipinski definition) is 2. The number of carbonyl (C=O) groups excluding carboxylic acids is 1. The fourth-order valence-corrected chi connectivity index (χ4v) is 0.768. The van der Waals surface area contributed by atoms with Crippen LogP contribution in [0.1, 0.15) is 12.0 Å². The zero-order valence-electron chi connectivity index (χ0n) is 6.83. The second-order valence-corrected chi connectivity index (χ2v) is 2.35. The number of hydrogen-bond acceptors (Lipinski definition) is 3. The molecule has 3 N–H and O–H groups in total. The van der Waals surface area contributed by atoms with Crippen LogP contribution in [0.2, 0.25) is 0 Å². The molecule has 0 bridgehead atoms. The number of rotatable bonds is 1. The minimum Gasteiger partial charge on any atom is -0.394 e. The summed E-state index contributed by atoms with van der Waals surface area (Å²) in [6, 6.07) is 1.47. The van der Waals surface area contributed by atoms with E-state index < -0.39 is 0 Å². The van der Waals surface area contributed by atoms with E-state index in [1.807, 2.05) is 0 Å². The summed E-state index contributed by atoms with van der Waals surface area (Å²) in [5.74, 6) is 5.28. The van der Waals surface area contributed by atoms with Crippen LogP contribution in [-0.2, 0) is 4.79 Å². The van der Waals surface area contributed by atoms with Crippen LogP contribution >= 0.6 is 0 Å². The van der Waals surface area contributed by atoms with Gasteiger partial charge in [0.05, 0.1) is 12.1 Å². The van der Waals surface area contributed by atoms with Crippen LogP contribution in [0.5, 0.6) is 0 Å². The number of nitrogens with two attached hydrogens (primary N) is 1. The van der Waals surface area contributed by atoms with E-state index in [0.717, 1.165) is 0 Å². The maximum absolute atomic E-state index is 10.8. The van der Waals surface area contributed by atoms with Crippen molar-refractivity contribution in [1.29, 1.82) is 0 Å². The molecule has 0 spiro atoms. The Kier molecular flexibility index (Phi) is 2.87. The summed E-state index contributed by atoms with van der Waals surface area (Å²) in [7, 11) is 0. The monoisotopic (exact) mass is 176 g/mol. The van der Waals surface area contributed by atoms with Crippen molar-refractivity contribution in [2.24, 2.45) is 0 Å². The maximum atomic E-state index is 10.8. The Morgan fingerprint density at radius 3 is 3.00 bits per heavy atom. The SMILES string of the molecule is Nc1cc(C#CCC=O)c[nH]c1=O. The fourth-order valence-electron chi connectivity index (χ4n) is 0.768. The molecule has 0 saturated carbocycles. The maximum Gasteiger partial charge on any atom is 0.271 e. The van der Waals surface area contributed by atoms with E-state index in [4.69, 9.17) is 5.73 Å². The third-order valence-electron chi connectivity index (χ3n) is 1.35. The van der Waals surface area contributed by atoms with Gasteiger partial charge in [-0.1, -0.05) is 11.8 Å². The average molecular weight is 176 g/mol. The Morgan fingerprint density at radius 1 is 1.62 bits per heavy atom. The van der Waals surface area contributed by atoms with E-state index in [1.54, 1.807) is 0 Å². The highest BCUT2D eigenvalue weighted by Crippen LogP contribution is 1.96. The molecule has 0 fully saturated rings. The Labute approximate surface area is 74.8 Å². The molecule has 0 atom stereocenters. The fraction of sp³-hybridized carbons (Fsp3) is 0.111. The van der Waals surface area contributed by atoms with Crippen LogP contribution in [0.15, 0.2) is 17.1 Å². The number of aldehydes is 1. The van der Waals surface area contributed by atoms with Gasteiger partial charge in [-0.3, -0.25) is 4.79 Å². The van der Waals surface area contributed by atoms with Crippen LogP contribution in [0, 0.1) is 11.8 Å². The Morgan fingerprint density at radius 2 is 2.38 bits per heavy atom. The first-order chi connectivity index (χ1) is 6.24. The number of nitrogens with one attached hydrogen (secondary N) is 1. The van der Waals surface area contributed by atoms with Crippen molar-refractivity contribution in [2.45, 2.75) is 6.42 Å². The van der Waals surface area contributed by atoms with E-state index >= 15 is 0 Å². The van der Waals surface area contributed by atoms with Gasteiger partial charge in [-0.15, -0.1) is 0 Å². The highest BCUT2D eigenvalue weighted by atomic mass is 16.1. The standard InChI is InChI=1S/C9H8N2O2/c10-8-5-7(3-1-2-4-12)6-11-9(8)13/h4-6H,2,10H2,(H,11,13). The van der Waals surface area contributed by atoms with E-state index in [-0.39, 0.29) is 17.7 Å². The van der Waals surface area contributed by atoms with Gasteiger partial charge in [-0.05, 0) is 6.07 Å². The predicted molar refractivity (Wildman–Crippen MR) is 49.0 cm³/mol. The number of carbonyl (C=O) groups is 1. The number of pyridine rings is 1. The highest BCUT2D eigenvalue weighted by molar-refractivity contribution is 5.55. The second kappa shape index (κ2) is 4.12. The molecule has 0 saturated heterocycles. The molecule has 4 heteroatoms. The number of H-pyrrole nitrogens is 1. The largest absolute Gasteiger partial charge is 0.394 e. The molecule has 1 rings (SSSR count). The van der Waals surface area contributed by atoms with Gasteiger partial charge in [-0.25, -0.2) is 0 Å². The summed E-state index contributed by atoms with van der Waals surface area (Å²) in [5.41, 5.74) is 5.73. The van der Waals surface area contributed by atoms with E-state index in [2.05, 4.69) is 16.8 Å². The van der Waals surface area contributed by atoms with Crippen LogP contribution in [0.25, 0.3) is 0 Å². The van der Waals surface area contributed by atoms with Crippen molar-refractivity contribution in [2.75, 3.05) is 5.73 Å². The second-order valence-electron chi connectivity index (χ2n) is 2.35. The first-order valence-electron chi connectivity index (χ1n) is 3.65. The minimum atomic E-state index is -0.332. The van der Waals surface area contributed by atoms with Crippen LogP contribution in [0.4, 0.5) is 5.69 Å². The summed E-state index contributed by atoms with van der Waals surface area (Å²) in [6.07, 6.45) is 2.34. The quantitative estimate of drug-likeness (QED) is 0.463. The normalized spacial score (nSPS) is 8.62. The molecular weight excluding hydrogens is 168 g/mol. The molecule has 0 amide bonds. The first-order valence-corrected chi connectivity index (χ1v) is 3.65. The molecule has 1 aromatic heterocycles. The summed E-state index contributed by atoms with van der Waals surface area (Å²) in [4.78, 5) is 23.2. The van der Waals surface area contributed by atoms with Gasteiger partial charge >= 0.3 is 0 Å². The Bertz CT molecular complexity index is 423. The van der Waals surface area contributed by atoms with Gasteiger partial charge in [0.15, 0.2) is 0 Å². The van der Waals surface area contributed by atoms with Gasteiger partial charge in [0.2, 0.25) is 0 Å². The van der Waals surface area contributed by atoms with Crippen molar-refractivity contribution in [3.63, 3.8) is 0 Å². The van der Waals surface area contributed by atoms with Crippen LogP contribution in [-0.4, -0.2) is 11.3 Å². The zero-order chi connectivity index (χ0) is 9.68. The lowest BCUT2D eigenvalue weighted by Gasteiger charge is -1.91. The predicted octanol–water partition coefficient (Wildman–Crippen LogP) is -0.102. The number of nitrogen functional groups attached to an aromatic ring is 1. The van der Waals surface area contributed by atoms with Crippen molar-refractivity contribution >= 4 is 12.0 Å². The molecule has 66 valence electrons. The lowest BCUT2D eigenvalue weighted by atomic mass is 10.2. The van der Waals surface area contributed by atoms with Gasteiger partial charge < -0.3 is 15.5 Å². The lowest BCUT2D eigenvalue weighted by molar-refractivity contribution is -0.107. The average Bonchev–Trinajstić information content (AvgIpc) is 2.12. The molecule has 1 heterocycles. The molecule has 0 radical (unpaired) electrons. The lowest BCUT2D eigenvalue weighted by Crippen LogP contribution is -2.10. The summed E-state index contributed by atoms with van der Waals surface area (Å²) >= 11 is 0. The van der Waals surface area contributed by atoms with Crippen molar-refractivity contribution in [1.82, 2.24) is 4.98 Å². The van der Waals surface area contributed by atoms with Gasteiger partial charge in [-0.2, -0.15) is 0 Å². The molecule has 0 aliphatic heterocycles. The zero-order valence-corrected chi connectivity index (χ0v) is 6.83. The van der Waals surface area contributed by atoms with Crippen molar-refractivity contribution in [3.8, 4) is 11.8 Å². The minimum absolute atomic E-state index is 0.123. The molecule has 0 aliphatic carbocycles. The first kappa shape index (κ1) is 9.07. The van der Waals surface area contributed by atoms with Crippen molar-refractivity contribution in [3.05, 3.63) is 28.2 Å². The molecule has 0 aliphatic rings. The molecule has 4 nitrogen and oxygen atoms in total. The smallest absolute Gasteiger partial charge is 0.271 e. The van der Waals surface area contributed by atoms with Gasteiger partial charge in [0.25, 0.3) is 5.56 Å². The van der Waals surface area contributed by atoms with Gasteiger partial charge in [0.1, 0.15) is 6.29 Å². The van der Waals surface area contributed by atoms with Crippen LogP contribution < -0.4 is 11.3 Å². The molecule has 13 heavy (non-hydrogen) atoms. The summed E-state index contributed by atoms with van der Waals surface area (Å²) < 4.78 is 0. The van der Waals surface area contributed by atoms with E-state index in [1.165, 1.54) is 12.3 Å². The molecular formula is C9H8N2O2. The third-order valence-corrected chi connectivity index (χ3v) is 1.35. The highest BCUT2D eigenvalue weighted by Gasteiger charge is 1.93. The molecule has 0 unspecified atom stereocenters. The van der Waals surface area contributed by atoms with Gasteiger partial charge in [0, 0.05) is 11.8 Å². The number of anilines is 1. The topological polar surface area (TPSA) is 76.0 Å². The summed E-state index contributed by atoms with van der Waals surface area (Å²) in [6.45, 7) is 0. The summed E-state index contributed by atoms with van der Waals surface area (Å²) in [5, 5.41) is 0. The Balaban J connectivity index is 2.93. The Hall–Kier alpha value is -2.02. The van der Waals surface area contributed by atoms with E-state index in [0.29, 0.717) is 11.8 Å². The van der Waals surface area contributed by atoms with Crippen LogP contribution in [0.3, 0.4) is 0 Å². The third kappa shape index (κ3) is 2.49. The number of aromatic amines is 1. The van der Waals surface area contributed by atoms with E-state index in [9.17, 15) is 9.59 Å². The number of aromatic nitrogens is 1. The molecule has 0 aromatic carbocycles.